The first kappa shape index (κ1) is 16.2. The van der Waals surface area contributed by atoms with Crippen molar-refractivity contribution in [3.63, 3.8) is 0 Å². The molecule has 0 aliphatic rings. The lowest BCUT2D eigenvalue weighted by Gasteiger charge is -2.14. The molecule has 1 atom stereocenters. The summed E-state index contributed by atoms with van der Waals surface area (Å²) in [6.45, 7) is 4.13. The van der Waals surface area contributed by atoms with Gasteiger partial charge in [-0.3, -0.25) is 4.79 Å². The topological polar surface area (TPSA) is 66.4 Å². The standard InChI is InChI=1S/C16H23NO3/c1-3-4-5-8-12(2)17-15(18)11-13-9-6-7-10-14(13)16(19)20/h6-7,9-10,12H,3-5,8,11H2,1-2H3,(H,17,18)(H,19,20). The molecule has 0 bridgehead atoms. The zero-order chi connectivity index (χ0) is 15.0. The maximum absolute atomic E-state index is 11.9. The van der Waals surface area contributed by atoms with Crippen LogP contribution in [0.25, 0.3) is 0 Å². The Bertz CT molecular complexity index is 457. The first-order valence-electron chi connectivity index (χ1n) is 7.15. The first-order valence-corrected chi connectivity index (χ1v) is 7.15. The third kappa shape index (κ3) is 5.43. The molecular formula is C16H23NO3. The van der Waals surface area contributed by atoms with Crippen LogP contribution in [0.5, 0.6) is 0 Å². The van der Waals surface area contributed by atoms with Crippen LogP contribution in [0, 0.1) is 0 Å². The van der Waals surface area contributed by atoms with E-state index in [0.29, 0.717) is 5.56 Å². The molecule has 20 heavy (non-hydrogen) atoms. The minimum absolute atomic E-state index is 0.112. The predicted molar refractivity (Wildman–Crippen MR) is 78.9 cm³/mol. The van der Waals surface area contributed by atoms with Gasteiger partial charge >= 0.3 is 5.97 Å². The molecule has 110 valence electrons. The smallest absolute Gasteiger partial charge is 0.335 e. The van der Waals surface area contributed by atoms with Crippen LogP contribution < -0.4 is 5.32 Å². The normalized spacial score (nSPS) is 11.9. The molecule has 1 aromatic rings. The largest absolute Gasteiger partial charge is 0.478 e. The van der Waals surface area contributed by atoms with E-state index in [1.165, 1.54) is 12.5 Å². The summed E-state index contributed by atoms with van der Waals surface area (Å²) >= 11 is 0. The highest BCUT2D eigenvalue weighted by atomic mass is 16.4. The Balaban J connectivity index is 2.52. The van der Waals surface area contributed by atoms with Crippen molar-refractivity contribution in [1.82, 2.24) is 5.32 Å². The molecule has 2 N–H and O–H groups in total. The second kappa shape index (κ2) is 8.35. The number of hydrogen-bond acceptors (Lipinski definition) is 2. The Morgan fingerprint density at radius 2 is 1.95 bits per heavy atom. The summed E-state index contributed by atoms with van der Waals surface area (Å²) in [7, 11) is 0. The quantitative estimate of drug-likeness (QED) is 0.718. The molecule has 0 aliphatic carbocycles. The highest BCUT2D eigenvalue weighted by Gasteiger charge is 2.13. The SMILES string of the molecule is CCCCCC(C)NC(=O)Cc1ccccc1C(=O)O. The van der Waals surface area contributed by atoms with Crippen LogP contribution in [-0.2, 0) is 11.2 Å². The Labute approximate surface area is 120 Å². The van der Waals surface area contributed by atoms with Gasteiger partial charge in [-0.05, 0) is 25.0 Å². The third-order valence-electron chi connectivity index (χ3n) is 3.25. The van der Waals surface area contributed by atoms with Crippen LogP contribution in [0.1, 0.15) is 55.5 Å². The van der Waals surface area contributed by atoms with Gasteiger partial charge in [-0.15, -0.1) is 0 Å². The van der Waals surface area contributed by atoms with E-state index < -0.39 is 5.97 Å². The second-order valence-electron chi connectivity index (χ2n) is 5.10. The summed E-state index contributed by atoms with van der Waals surface area (Å²) < 4.78 is 0. The fourth-order valence-corrected chi connectivity index (χ4v) is 2.15. The van der Waals surface area contributed by atoms with Gasteiger partial charge in [0.2, 0.25) is 5.91 Å². The molecule has 1 amide bonds. The summed E-state index contributed by atoms with van der Waals surface area (Å²) in [5.41, 5.74) is 0.750. The van der Waals surface area contributed by atoms with Crippen LogP contribution in [0.4, 0.5) is 0 Å². The number of aromatic carboxylic acids is 1. The Morgan fingerprint density at radius 3 is 2.60 bits per heavy atom. The molecule has 0 saturated carbocycles. The van der Waals surface area contributed by atoms with Gasteiger partial charge in [-0.25, -0.2) is 4.79 Å². The van der Waals surface area contributed by atoms with Crippen molar-refractivity contribution in [3.8, 4) is 0 Å². The number of nitrogens with one attached hydrogen (secondary N) is 1. The van der Waals surface area contributed by atoms with Gasteiger partial charge in [0.15, 0.2) is 0 Å². The summed E-state index contributed by atoms with van der Waals surface area (Å²) in [5, 5.41) is 12.0. The third-order valence-corrected chi connectivity index (χ3v) is 3.25. The number of carbonyl (C=O) groups excluding carboxylic acids is 1. The first-order chi connectivity index (χ1) is 9.54. The van der Waals surface area contributed by atoms with E-state index in [1.54, 1.807) is 18.2 Å². The van der Waals surface area contributed by atoms with Gasteiger partial charge in [0.05, 0.1) is 12.0 Å². The maximum atomic E-state index is 11.9. The number of rotatable bonds is 8. The summed E-state index contributed by atoms with van der Waals surface area (Å²) in [5.74, 6) is -1.12. The molecule has 0 spiro atoms. The molecule has 0 heterocycles. The highest BCUT2D eigenvalue weighted by Crippen LogP contribution is 2.10. The van der Waals surface area contributed by atoms with E-state index in [0.717, 1.165) is 19.3 Å². The number of benzene rings is 1. The van der Waals surface area contributed by atoms with E-state index in [9.17, 15) is 9.59 Å². The van der Waals surface area contributed by atoms with Gasteiger partial charge in [-0.2, -0.15) is 0 Å². The summed E-state index contributed by atoms with van der Waals surface area (Å²) in [4.78, 5) is 23.0. The van der Waals surface area contributed by atoms with Crippen molar-refractivity contribution in [2.24, 2.45) is 0 Å². The van der Waals surface area contributed by atoms with Crippen LogP contribution in [-0.4, -0.2) is 23.0 Å². The minimum Gasteiger partial charge on any atom is -0.478 e. The molecule has 0 saturated heterocycles. The number of amides is 1. The Morgan fingerprint density at radius 1 is 1.25 bits per heavy atom. The van der Waals surface area contributed by atoms with E-state index in [-0.39, 0.29) is 23.9 Å². The van der Waals surface area contributed by atoms with Crippen LogP contribution in [0.2, 0.25) is 0 Å². The van der Waals surface area contributed by atoms with Crippen molar-refractivity contribution >= 4 is 11.9 Å². The van der Waals surface area contributed by atoms with Crippen molar-refractivity contribution < 1.29 is 14.7 Å². The average Bonchev–Trinajstić information content (AvgIpc) is 2.39. The molecule has 0 fully saturated rings. The van der Waals surface area contributed by atoms with Crippen LogP contribution in [0.15, 0.2) is 24.3 Å². The Hall–Kier alpha value is -1.84. The molecular weight excluding hydrogens is 254 g/mol. The number of carbonyl (C=O) groups is 2. The predicted octanol–water partition coefficient (Wildman–Crippen LogP) is 3.01. The average molecular weight is 277 g/mol. The number of carboxylic acids is 1. The molecule has 1 rings (SSSR count). The van der Waals surface area contributed by atoms with E-state index in [1.807, 2.05) is 6.92 Å². The molecule has 0 radical (unpaired) electrons. The lowest BCUT2D eigenvalue weighted by atomic mass is 10.0. The van der Waals surface area contributed by atoms with Crippen molar-refractivity contribution in [3.05, 3.63) is 35.4 Å². The monoisotopic (exact) mass is 277 g/mol. The second-order valence-corrected chi connectivity index (χ2v) is 5.10. The highest BCUT2D eigenvalue weighted by molar-refractivity contribution is 5.91. The van der Waals surface area contributed by atoms with Gasteiger partial charge in [0, 0.05) is 6.04 Å². The maximum Gasteiger partial charge on any atom is 0.335 e. The van der Waals surface area contributed by atoms with Gasteiger partial charge in [0.1, 0.15) is 0 Å². The number of hydrogen-bond donors (Lipinski definition) is 2. The minimum atomic E-state index is -0.996. The lowest BCUT2D eigenvalue weighted by Crippen LogP contribution is -2.33. The molecule has 4 nitrogen and oxygen atoms in total. The van der Waals surface area contributed by atoms with Gasteiger partial charge in [0.25, 0.3) is 0 Å². The van der Waals surface area contributed by atoms with Gasteiger partial charge in [-0.1, -0.05) is 44.4 Å². The van der Waals surface area contributed by atoms with Crippen molar-refractivity contribution in [2.75, 3.05) is 0 Å². The van der Waals surface area contributed by atoms with E-state index in [2.05, 4.69) is 12.2 Å². The molecule has 4 heteroatoms. The zero-order valence-corrected chi connectivity index (χ0v) is 12.2. The molecule has 0 aromatic heterocycles. The molecule has 0 aliphatic heterocycles. The van der Waals surface area contributed by atoms with Crippen molar-refractivity contribution in [2.45, 2.75) is 52.0 Å². The number of unbranched alkanes of at least 4 members (excludes halogenated alkanes) is 2. The Kier molecular flexibility index (Phi) is 6.77. The number of carboxylic acid groups (broad SMARTS) is 1. The lowest BCUT2D eigenvalue weighted by molar-refractivity contribution is -0.121. The molecule has 1 unspecified atom stereocenters. The fraction of sp³-hybridized carbons (Fsp3) is 0.500. The summed E-state index contributed by atoms with van der Waals surface area (Å²) in [6.07, 6.45) is 4.50. The van der Waals surface area contributed by atoms with E-state index >= 15 is 0 Å². The fourth-order valence-electron chi connectivity index (χ4n) is 2.15. The van der Waals surface area contributed by atoms with Crippen molar-refractivity contribution in [1.29, 1.82) is 0 Å². The van der Waals surface area contributed by atoms with Gasteiger partial charge < -0.3 is 10.4 Å². The van der Waals surface area contributed by atoms with Crippen LogP contribution >= 0.6 is 0 Å². The van der Waals surface area contributed by atoms with Crippen LogP contribution in [0.3, 0.4) is 0 Å². The van der Waals surface area contributed by atoms with E-state index in [4.69, 9.17) is 5.11 Å². The molecule has 1 aromatic carbocycles. The summed E-state index contributed by atoms with van der Waals surface area (Å²) in [6, 6.07) is 6.75. The zero-order valence-electron chi connectivity index (χ0n) is 12.2.